The molecule has 0 bridgehead atoms. The Bertz CT molecular complexity index is 512. The Balaban J connectivity index is 1.45. The fraction of sp³-hybridized carbons (Fsp3) is 0.727. The number of benzene rings is 1. The van der Waals surface area contributed by atoms with Crippen LogP contribution in [0.4, 0.5) is 8.78 Å². The van der Waals surface area contributed by atoms with E-state index in [1.54, 1.807) is 0 Å². The Hall–Kier alpha value is -0.920. The van der Waals surface area contributed by atoms with Gasteiger partial charge in [-0.1, -0.05) is 45.4 Å². The summed E-state index contributed by atoms with van der Waals surface area (Å²) in [5, 5.41) is 0. The summed E-state index contributed by atoms with van der Waals surface area (Å²) in [6.45, 7) is 3.89. The number of halogens is 2. The standard InChI is InChI=1S/C22H32F2/c1-15-3-5-17(6-4-15)11-18-7-9-19(10-8-18)12-20-13-21(23)16(2)22(24)14-20/h13-15,17-19H,3-12H2,1-2H3. The Morgan fingerprint density at radius 3 is 1.79 bits per heavy atom. The minimum atomic E-state index is -0.398. The molecule has 2 aliphatic carbocycles. The number of rotatable bonds is 4. The fourth-order valence-electron chi connectivity index (χ4n) is 4.86. The van der Waals surface area contributed by atoms with E-state index in [9.17, 15) is 8.78 Å². The van der Waals surface area contributed by atoms with Crippen LogP contribution in [0, 0.1) is 42.2 Å². The van der Waals surface area contributed by atoms with E-state index in [0.29, 0.717) is 5.92 Å². The topological polar surface area (TPSA) is 0 Å². The third-order valence-corrected chi connectivity index (χ3v) is 6.63. The third-order valence-electron chi connectivity index (χ3n) is 6.63. The van der Waals surface area contributed by atoms with Gasteiger partial charge in [0.2, 0.25) is 0 Å². The lowest BCUT2D eigenvalue weighted by Crippen LogP contribution is -2.21. The first kappa shape index (κ1) is 17.9. The van der Waals surface area contributed by atoms with Crippen LogP contribution in [0.25, 0.3) is 0 Å². The lowest BCUT2D eigenvalue weighted by Gasteiger charge is -2.33. The largest absolute Gasteiger partial charge is 0.207 e. The van der Waals surface area contributed by atoms with Crippen molar-refractivity contribution < 1.29 is 8.78 Å². The van der Waals surface area contributed by atoms with Crippen LogP contribution in [0.1, 0.15) is 75.8 Å². The molecule has 24 heavy (non-hydrogen) atoms. The van der Waals surface area contributed by atoms with Gasteiger partial charge in [-0.15, -0.1) is 0 Å². The van der Waals surface area contributed by atoms with Gasteiger partial charge in [-0.3, -0.25) is 0 Å². The average molecular weight is 334 g/mol. The maximum atomic E-state index is 13.7. The maximum absolute atomic E-state index is 13.7. The zero-order valence-electron chi connectivity index (χ0n) is 15.3. The molecule has 2 saturated carbocycles. The molecular weight excluding hydrogens is 302 g/mol. The van der Waals surface area contributed by atoms with Crippen LogP contribution >= 0.6 is 0 Å². The van der Waals surface area contributed by atoms with Gasteiger partial charge in [0.25, 0.3) is 0 Å². The molecule has 0 heterocycles. The Morgan fingerprint density at radius 1 is 0.792 bits per heavy atom. The summed E-state index contributed by atoms with van der Waals surface area (Å²) in [6, 6.07) is 3.07. The van der Waals surface area contributed by atoms with E-state index < -0.39 is 11.6 Å². The van der Waals surface area contributed by atoms with Crippen LogP contribution in [0.3, 0.4) is 0 Å². The van der Waals surface area contributed by atoms with E-state index in [4.69, 9.17) is 0 Å². The van der Waals surface area contributed by atoms with Gasteiger partial charge in [-0.05, 0) is 74.0 Å². The molecule has 0 aliphatic heterocycles. The van der Waals surface area contributed by atoms with Crippen LogP contribution in [-0.2, 0) is 6.42 Å². The van der Waals surface area contributed by atoms with Gasteiger partial charge in [-0.2, -0.15) is 0 Å². The molecule has 0 atom stereocenters. The maximum Gasteiger partial charge on any atom is 0.129 e. The summed E-state index contributed by atoms with van der Waals surface area (Å²) >= 11 is 0. The van der Waals surface area contributed by atoms with Gasteiger partial charge in [0.05, 0.1) is 0 Å². The van der Waals surface area contributed by atoms with E-state index in [1.807, 2.05) is 0 Å². The van der Waals surface area contributed by atoms with Gasteiger partial charge in [0.1, 0.15) is 11.6 Å². The Labute approximate surface area is 146 Å². The minimum Gasteiger partial charge on any atom is -0.207 e. The molecule has 0 N–H and O–H groups in total. The van der Waals surface area contributed by atoms with Crippen molar-refractivity contribution in [1.82, 2.24) is 0 Å². The summed E-state index contributed by atoms with van der Waals surface area (Å²) in [7, 11) is 0. The second kappa shape index (κ2) is 7.97. The van der Waals surface area contributed by atoms with Crippen molar-refractivity contribution in [3.8, 4) is 0 Å². The van der Waals surface area contributed by atoms with E-state index in [2.05, 4.69) is 6.92 Å². The second-order valence-corrected chi connectivity index (χ2v) is 8.64. The van der Waals surface area contributed by atoms with Gasteiger partial charge >= 0.3 is 0 Å². The molecule has 0 radical (unpaired) electrons. The SMILES string of the molecule is Cc1c(F)cc(CC2CCC(CC3CCC(C)CC3)CC2)cc1F. The van der Waals surface area contributed by atoms with Crippen molar-refractivity contribution in [2.24, 2.45) is 23.7 Å². The van der Waals surface area contributed by atoms with Crippen LogP contribution in [-0.4, -0.2) is 0 Å². The molecule has 2 fully saturated rings. The lowest BCUT2D eigenvalue weighted by atomic mass is 9.72. The highest BCUT2D eigenvalue weighted by atomic mass is 19.1. The monoisotopic (exact) mass is 334 g/mol. The predicted molar refractivity (Wildman–Crippen MR) is 96.0 cm³/mol. The Morgan fingerprint density at radius 2 is 1.25 bits per heavy atom. The van der Waals surface area contributed by atoms with Crippen molar-refractivity contribution in [1.29, 1.82) is 0 Å². The van der Waals surface area contributed by atoms with Crippen LogP contribution in [0.5, 0.6) is 0 Å². The van der Waals surface area contributed by atoms with Crippen molar-refractivity contribution in [2.75, 3.05) is 0 Å². The molecule has 0 unspecified atom stereocenters. The summed E-state index contributed by atoms with van der Waals surface area (Å²) in [6.07, 6.45) is 13.0. The fourth-order valence-corrected chi connectivity index (χ4v) is 4.86. The first-order valence-corrected chi connectivity index (χ1v) is 9.95. The van der Waals surface area contributed by atoms with Gasteiger partial charge in [0, 0.05) is 5.56 Å². The molecule has 1 aromatic rings. The van der Waals surface area contributed by atoms with Crippen molar-refractivity contribution in [3.05, 3.63) is 34.9 Å². The van der Waals surface area contributed by atoms with E-state index in [1.165, 1.54) is 76.8 Å². The highest BCUT2D eigenvalue weighted by Crippen LogP contribution is 2.39. The zero-order chi connectivity index (χ0) is 17.1. The third kappa shape index (κ3) is 4.58. The molecule has 134 valence electrons. The first-order chi connectivity index (χ1) is 11.5. The van der Waals surface area contributed by atoms with Gasteiger partial charge in [-0.25, -0.2) is 8.78 Å². The van der Waals surface area contributed by atoms with E-state index in [0.717, 1.165) is 29.7 Å². The molecule has 0 saturated heterocycles. The van der Waals surface area contributed by atoms with Crippen molar-refractivity contribution >= 4 is 0 Å². The molecule has 3 rings (SSSR count). The molecule has 0 nitrogen and oxygen atoms in total. The van der Waals surface area contributed by atoms with Crippen LogP contribution in [0.15, 0.2) is 12.1 Å². The summed E-state index contributed by atoms with van der Waals surface area (Å²) in [5.41, 5.74) is 0.976. The summed E-state index contributed by atoms with van der Waals surface area (Å²) in [4.78, 5) is 0. The first-order valence-electron chi connectivity index (χ1n) is 9.95. The second-order valence-electron chi connectivity index (χ2n) is 8.64. The van der Waals surface area contributed by atoms with Crippen molar-refractivity contribution in [2.45, 2.75) is 78.1 Å². The highest BCUT2D eigenvalue weighted by molar-refractivity contribution is 5.25. The van der Waals surface area contributed by atoms with Gasteiger partial charge < -0.3 is 0 Å². The highest BCUT2D eigenvalue weighted by Gasteiger charge is 2.26. The van der Waals surface area contributed by atoms with Gasteiger partial charge in [0.15, 0.2) is 0 Å². The number of hydrogen-bond acceptors (Lipinski definition) is 0. The summed E-state index contributed by atoms with van der Waals surface area (Å²) < 4.78 is 27.4. The molecular formula is C22H32F2. The summed E-state index contributed by atoms with van der Waals surface area (Å²) in [5.74, 6) is 2.60. The molecule has 0 amide bonds. The molecule has 2 heteroatoms. The van der Waals surface area contributed by atoms with E-state index >= 15 is 0 Å². The van der Waals surface area contributed by atoms with Crippen LogP contribution in [0.2, 0.25) is 0 Å². The molecule has 0 spiro atoms. The van der Waals surface area contributed by atoms with E-state index in [-0.39, 0.29) is 5.56 Å². The number of hydrogen-bond donors (Lipinski definition) is 0. The quantitative estimate of drug-likeness (QED) is 0.565. The normalized spacial score (nSPS) is 31.2. The zero-order valence-corrected chi connectivity index (χ0v) is 15.3. The molecule has 1 aromatic carbocycles. The van der Waals surface area contributed by atoms with Crippen molar-refractivity contribution in [3.63, 3.8) is 0 Å². The Kier molecular flexibility index (Phi) is 5.94. The molecule has 0 aromatic heterocycles. The predicted octanol–water partition coefficient (Wildman–Crippen LogP) is 6.84. The lowest BCUT2D eigenvalue weighted by molar-refractivity contribution is 0.195. The smallest absolute Gasteiger partial charge is 0.129 e. The minimum absolute atomic E-state index is 0.143. The molecule has 2 aliphatic rings. The average Bonchev–Trinajstić information content (AvgIpc) is 2.56. The van der Waals surface area contributed by atoms with Crippen LogP contribution < -0.4 is 0 Å².